The lowest BCUT2D eigenvalue weighted by molar-refractivity contribution is -0.137. The SMILES string of the molecule is CNC1C(=O)N(C2CC3CCC(C3)C2)CCCC1C.CNC1C(=O)N(C2CC3CCC2C3)CCCC1C.CNC1C(=O)N(CC2CC2)CCCC1C.CNC1C(=O)N(CC2CCC2)CCCC1C.CNC1C(=O)N(CC2CCCC2)CCCC1C.CNC1C(=O)N(CC2CCCCC2)CCCC1C.CNC1C(=O)N(CC2CCCCCC2)CCCC1C.CNC1C(=O)N(CC2CCCCCO2)CCCC1C. The van der Waals surface area contributed by atoms with E-state index in [1.807, 2.05) is 61.3 Å². The molecular weight excluding hydrogens is 1760 g/mol. The maximum absolute atomic E-state index is 12.8. The minimum Gasteiger partial charge on any atom is -0.376 e. The second-order valence-electron chi connectivity index (χ2n) is 48.9. The molecule has 0 aromatic carbocycles. The van der Waals surface area contributed by atoms with Crippen molar-refractivity contribution >= 4 is 47.3 Å². The Hall–Kier alpha value is -4.60. The number of fused-ring (bicyclic) bond motifs is 4. The fourth-order valence-corrected chi connectivity index (χ4v) is 28.9. The van der Waals surface area contributed by atoms with Gasteiger partial charge < -0.3 is 86.5 Å². The summed E-state index contributed by atoms with van der Waals surface area (Å²) in [6.07, 6.45) is 62.8. The highest BCUT2D eigenvalue weighted by molar-refractivity contribution is 5.86. The molecule has 22 unspecified atom stereocenters. The van der Waals surface area contributed by atoms with E-state index < -0.39 is 0 Å². The van der Waals surface area contributed by atoms with Gasteiger partial charge >= 0.3 is 0 Å². The monoisotopic (exact) mass is 1970 g/mol. The Morgan fingerprint density at radius 3 is 0.759 bits per heavy atom. The van der Waals surface area contributed by atoms with Crippen molar-refractivity contribution in [3.8, 4) is 0 Å². The number of amides is 8. The number of ether oxygens (including phenoxy) is 1. The van der Waals surface area contributed by atoms with Gasteiger partial charge in [0.05, 0.1) is 54.4 Å². The van der Waals surface area contributed by atoms with Gasteiger partial charge in [-0.25, -0.2) is 0 Å². The van der Waals surface area contributed by atoms with Gasteiger partial charge in [-0.3, -0.25) is 38.4 Å². The maximum atomic E-state index is 12.8. The molecule has 18 fully saturated rings. The molecule has 9 saturated carbocycles. The first kappa shape index (κ1) is 117. The van der Waals surface area contributed by atoms with Crippen LogP contribution in [0, 0.1) is 101 Å². The molecule has 8 N–H and O–H groups in total. The highest BCUT2D eigenvalue weighted by Crippen LogP contribution is 2.48. The topological polar surface area (TPSA) is 268 Å². The van der Waals surface area contributed by atoms with E-state index in [0.717, 1.165) is 203 Å². The molecule has 25 heteroatoms. The number of hydrogen-bond donors (Lipinski definition) is 8. The molecule has 9 aliphatic heterocycles. The van der Waals surface area contributed by atoms with Gasteiger partial charge in [0.2, 0.25) is 47.3 Å². The lowest BCUT2D eigenvalue weighted by atomic mass is 9.84. The summed E-state index contributed by atoms with van der Waals surface area (Å²) >= 11 is 0. The third-order valence-corrected chi connectivity index (χ3v) is 38.1. The molecule has 9 aliphatic carbocycles. The number of nitrogens with one attached hydrogen (secondary N) is 8. The van der Waals surface area contributed by atoms with Crippen LogP contribution < -0.4 is 42.5 Å². The van der Waals surface area contributed by atoms with E-state index in [1.54, 1.807) is 0 Å². The van der Waals surface area contributed by atoms with Crippen LogP contribution >= 0.6 is 0 Å². The van der Waals surface area contributed by atoms with Crippen molar-refractivity contribution in [3.63, 3.8) is 0 Å². The summed E-state index contributed by atoms with van der Waals surface area (Å²) in [4.78, 5) is 117. The largest absolute Gasteiger partial charge is 0.376 e. The van der Waals surface area contributed by atoms with Gasteiger partial charge in [-0.05, 0) is 375 Å². The Balaban J connectivity index is 0.000000154. The smallest absolute Gasteiger partial charge is 0.240 e. The average Bonchev–Trinajstić information content (AvgIpc) is 1.73. The number of likely N-dealkylation sites (N-methyl/N-ethyl adjacent to an activating group) is 8. The van der Waals surface area contributed by atoms with Gasteiger partial charge in [0, 0.05) is 110 Å². The van der Waals surface area contributed by atoms with Crippen LogP contribution in [-0.4, -0.2) is 308 Å². The molecule has 4 bridgehead atoms. The van der Waals surface area contributed by atoms with Gasteiger partial charge in [-0.2, -0.15) is 0 Å². The van der Waals surface area contributed by atoms with Gasteiger partial charge in [0.1, 0.15) is 0 Å². The van der Waals surface area contributed by atoms with Crippen molar-refractivity contribution < 1.29 is 43.1 Å². The van der Waals surface area contributed by atoms with Crippen LogP contribution in [0.25, 0.3) is 0 Å². The van der Waals surface area contributed by atoms with Crippen LogP contribution in [0.5, 0.6) is 0 Å². The molecule has 0 radical (unpaired) electrons. The molecule has 25 nitrogen and oxygen atoms in total. The Kier molecular flexibility index (Phi) is 50.4. The quantitative estimate of drug-likeness (QED) is 0.0468. The maximum Gasteiger partial charge on any atom is 0.240 e. The van der Waals surface area contributed by atoms with E-state index in [9.17, 15) is 38.4 Å². The van der Waals surface area contributed by atoms with E-state index >= 15 is 0 Å². The second-order valence-corrected chi connectivity index (χ2v) is 48.9. The van der Waals surface area contributed by atoms with Crippen molar-refractivity contribution in [1.82, 2.24) is 81.7 Å². The normalized spacial score (nSPS) is 35.3. The van der Waals surface area contributed by atoms with E-state index in [2.05, 4.69) is 132 Å². The molecule has 18 aliphatic rings. The second kappa shape index (κ2) is 60.9. The number of likely N-dealkylation sites (tertiary alicyclic amines) is 8. The van der Waals surface area contributed by atoms with Crippen LogP contribution in [0.3, 0.4) is 0 Å². The molecule has 8 amide bonds. The summed E-state index contributed by atoms with van der Waals surface area (Å²) in [6, 6.07) is 1.39. The van der Waals surface area contributed by atoms with Gasteiger partial charge in [0.15, 0.2) is 0 Å². The minimum absolute atomic E-state index is 0.0201. The predicted molar refractivity (Wildman–Crippen MR) is 574 cm³/mol. The summed E-state index contributed by atoms with van der Waals surface area (Å²) in [5.41, 5.74) is 0. The van der Waals surface area contributed by atoms with Crippen molar-refractivity contribution in [2.24, 2.45) is 101 Å². The summed E-state index contributed by atoms with van der Waals surface area (Å²) in [7, 11) is 15.3. The highest BCUT2D eigenvalue weighted by Gasteiger charge is 2.48. The first-order valence-electron chi connectivity index (χ1n) is 59.5. The van der Waals surface area contributed by atoms with Gasteiger partial charge in [-0.1, -0.05) is 152 Å². The number of nitrogens with zero attached hydrogens (tertiary/aromatic N) is 8. The Bertz CT molecular complexity index is 3570. The molecule has 0 spiro atoms. The van der Waals surface area contributed by atoms with Gasteiger partial charge in [0.25, 0.3) is 0 Å². The molecule has 9 saturated heterocycles. The van der Waals surface area contributed by atoms with Crippen LogP contribution in [0.15, 0.2) is 0 Å². The van der Waals surface area contributed by atoms with Gasteiger partial charge in [-0.15, -0.1) is 0 Å². The highest BCUT2D eigenvalue weighted by atomic mass is 16.5. The number of hydrogen-bond acceptors (Lipinski definition) is 17. The molecule has 22 atom stereocenters. The van der Waals surface area contributed by atoms with Crippen molar-refractivity contribution in [3.05, 3.63) is 0 Å². The third kappa shape index (κ3) is 34.7. The Morgan fingerprint density at radius 2 is 0.468 bits per heavy atom. The van der Waals surface area contributed by atoms with Crippen LogP contribution in [0.1, 0.15) is 370 Å². The zero-order valence-corrected chi connectivity index (χ0v) is 92.7. The molecule has 0 aromatic rings. The van der Waals surface area contributed by atoms with E-state index in [1.165, 1.54) is 263 Å². The predicted octanol–water partition coefficient (Wildman–Crippen LogP) is 16.3. The van der Waals surface area contributed by atoms with E-state index in [4.69, 9.17) is 4.74 Å². The average molecular weight is 1980 g/mol. The number of carbonyl (C=O) groups is 8. The van der Waals surface area contributed by atoms with E-state index in [0.29, 0.717) is 101 Å². The molecule has 141 heavy (non-hydrogen) atoms. The number of carbonyl (C=O) groups excluding carboxylic acids is 8. The van der Waals surface area contributed by atoms with Crippen molar-refractivity contribution in [2.45, 2.75) is 437 Å². The van der Waals surface area contributed by atoms with Crippen LogP contribution in [0.2, 0.25) is 0 Å². The molecule has 810 valence electrons. The van der Waals surface area contributed by atoms with E-state index in [-0.39, 0.29) is 60.3 Å². The van der Waals surface area contributed by atoms with Crippen molar-refractivity contribution in [2.75, 3.05) is 155 Å². The number of rotatable bonds is 22. The first-order valence-corrected chi connectivity index (χ1v) is 59.5. The fourth-order valence-electron chi connectivity index (χ4n) is 28.9. The molecular formula is C116H212N16O9. The summed E-state index contributed by atoms with van der Waals surface area (Å²) < 4.78 is 5.88. The summed E-state index contributed by atoms with van der Waals surface area (Å²) in [5, 5.41) is 25.7. The summed E-state index contributed by atoms with van der Waals surface area (Å²) in [5.74, 6) is 13.9. The lowest BCUT2D eigenvalue weighted by Gasteiger charge is -2.38. The standard InChI is InChI=1S/C16H28N2O.C16H30N2O.C15H28N2O2.C15H26N2O.C15H28N2O.C14H26N2O.C13H24N2O.C12H22N2O/c1-11-4-3-7-18(16(19)15(11)17-2)14-9-12-5-6-13(8-12)10-14;1-13-8-7-11-18(16(19)15(13)17-2)12-14-9-5-3-4-6-10-14;1-12-7-6-9-17(15(18)14(12)16-2)11-13-8-4-3-5-10-19-13;1-10-4-3-7-17(15(18)14(10)16-2)13-9-11-5-6-12(13)8-11;1-12-7-6-10-17(15(18)14(12)16-2)11-13-8-4-3-5-9-13;1-11-6-5-9-16(14(17)13(11)15-2)10-12-7-3-4-8-12;1-10-5-4-8-15(9-11-6-3-7-11)13(16)12(10)14-2;1-9-4-3-7-14(8-10-5-6-10)12(15)11(9)13-2/h11-15,17H,3-10H2,1-2H3;13-15,17H,3-12H2,1-2H3;12-14,16H,3-11H2,1-2H3;10-14,16H,3-9H2,1-2H3;12-14,16H,3-11H2,1-2H3;11-13,15H,3-10H2,1-2H3;10-12,14H,3-9H2,1-2H3;9-11,13H,3-8H2,1-2H3. The molecule has 18 rings (SSSR count). The summed E-state index contributed by atoms with van der Waals surface area (Å²) in [6.45, 7) is 31.9. The fraction of sp³-hybridized carbons (Fsp3) is 0.931. The van der Waals surface area contributed by atoms with Crippen molar-refractivity contribution in [1.29, 1.82) is 0 Å². The van der Waals surface area contributed by atoms with Crippen LogP contribution in [-0.2, 0) is 43.1 Å². The van der Waals surface area contributed by atoms with Crippen LogP contribution in [0.4, 0.5) is 0 Å². The minimum atomic E-state index is -0.0201. The first-order chi connectivity index (χ1) is 68.2. The lowest BCUT2D eigenvalue weighted by Crippen LogP contribution is -2.51. The zero-order chi connectivity index (χ0) is 101. The zero-order valence-electron chi connectivity index (χ0n) is 92.7. The molecule has 0 aromatic heterocycles. The Morgan fingerprint density at radius 1 is 0.220 bits per heavy atom. The third-order valence-electron chi connectivity index (χ3n) is 38.1. The molecule has 9 heterocycles. The Labute approximate surface area is 859 Å².